The van der Waals surface area contributed by atoms with Gasteiger partial charge in [-0.25, -0.2) is 4.98 Å². The molecule has 0 aliphatic carbocycles. The molecule has 3 rings (SSSR count). The Balaban J connectivity index is 0.00000108. The van der Waals surface area contributed by atoms with E-state index < -0.39 is 0 Å². The fraction of sp³-hybridized carbons (Fsp3) is 0.308. The molecule has 4 heteroatoms. The van der Waals surface area contributed by atoms with Gasteiger partial charge in [-0.3, -0.25) is 0 Å². The van der Waals surface area contributed by atoms with E-state index in [1.54, 1.807) is 0 Å². The van der Waals surface area contributed by atoms with Crippen LogP contribution in [0.5, 0.6) is 0 Å². The number of rotatable bonds is 1. The Labute approximate surface area is 107 Å². The summed E-state index contributed by atoms with van der Waals surface area (Å²) >= 11 is 0. The Kier molecular flexibility index (Phi) is 3.50. The van der Waals surface area contributed by atoms with Gasteiger partial charge in [-0.2, -0.15) is 0 Å². The van der Waals surface area contributed by atoms with Crippen molar-refractivity contribution in [3.05, 3.63) is 42.2 Å². The maximum absolute atomic E-state index is 5.96. The van der Waals surface area contributed by atoms with E-state index in [0.29, 0.717) is 6.04 Å². The highest BCUT2D eigenvalue weighted by atomic mass is 35.5. The van der Waals surface area contributed by atoms with Gasteiger partial charge in [-0.05, 0) is 6.42 Å². The zero-order chi connectivity index (χ0) is 11.0. The number of nitrogens with two attached hydrogens (primary N) is 1. The Hall–Kier alpha value is -1.32. The number of imidazole rings is 1. The van der Waals surface area contributed by atoms with Crippen molar-refractivity contribution in [1.29, 1.82) is 0 Å². The zero-order valence-corrected chi connectivity index (χ0v) is 10.4. The number of benzene rings is 1. The Morgan fingerprint density at radius 3 is 2.76 bits per heavy atom. The van der Waals surface area contributed by atoms with E-state index in [-0.39, 0.29) is 12.4 Å². The van der Waals surface area contributed by atoms with Crippen LogP contribution in [-0.4, -0.2) is 15.6 Å². The van der Waals surface area contributed by atoms with Gasteiger partial charge in [0.05, 0.1) is 0 Å². The van der Waals surface area contributed by atoms with Gasteiger partial charge in [-0.15, -0.1) is 12.4 Å². The molecule has 1 unspecified atom stereocenters. The molecule has 1 aliphatic rings. The second-order valence-corrected chi connectivity index (χ2v) is 4.34. The van der Waals surface area contributed by atoms with Crippen molar-refractivity contribution in [3.63, 3.8) is 0 Å². The van der Waals surface area contributed by atoms with Crippen molar-refractivity contribution < 1.29 is 0 Å². The molecule has 2 aromatic rings. The smallest absolute Gasteiger partial charge is 0.140 e. The second kappa shape index (κ2) is 4.90. The minimum Gasteiger partial charge on any atom is -0.328 e. The molecule has 0 saturated carbocycles. The van der Waals surface area contributed by atoms with Crippen LogP contribution in [0.1, 0.15) is 12.1 Å². The highest BCUT2D eigenvalue weighted by molar-refractivity contribution is 5.85. The summed E-state index contributed by atoms with van der Waals surface area (Å²) in [7, 11) is 0. The molecule has 0 fully saturated rings. The summed E-state index contributed by atoms with van der Waals surface area (Å²) in [4.78, 5) is 4.51. The molecule has 0 saturated heterocycles. The molecular weight excluding hydrogens is 234 g/mol. The topological polar surface area (TPSA) is 43.8 Å². The van der Waals surface area contributed by atoms with Crippen molar-refractivity contribution in [3.8, 4) is 11.4 Å². The SMILES string of the molecule is Cl.NC1CCn2c(cnc2-c2ccccc2)C1. The van der Waals surface area contributed by atoms with Crippen molar-refractivity contribution in [2.45, 2.75) is 25.4 Å². The number of fused-ring (bicyclic) bond motifs is 1. The van der Waals surface area contributed by atoms with E-state index in [2.05, 4.69) is 21.7 Å². The summed E-state index contributed by atoms with van der Waals surface area (Å²) in [6.45, 7) is 0.987. The lowest BCUT2D eigenvalue weighted by molar-refractivity contribution is 0.474. The summed E-state index contributed by atoms with van der Waals surface area (Å²) in [6.07, 6.45) is 3.95. The van der Waals surface area contributed by atoms with E-state index >= 15 is 0 Å². The molecule has 0 bridgehead atoms. The van der Waals surface area contributed by atoms with Gasteiger partial charge >= 0.3 is 0 Å². The van der Waals surface area contributed by atoms with Crippen LogP contribution < -0.4 is 5.73 Å². The first kappa shape index (κ1) is 12.1. The minimum atomic E-state index is 0. The monoisotopic (exact) mass is 249 g/mol. The quantitative estimate of drug-likeness (QED) is 0.843. The lowest BCUT2D eigenvalue weighted by Gasteiger charge is -2.21. The number of hydrogen-bond acceptors (Lipinski definition) is 2. The van der Waals surface area contributed by atoms with Crippen LogP contribution in [0.25, 0.3) is 11.4 Å². The van der Waals surface area contributed by atoms with Crippen LogP contribution >= 0.6 is 12.4 Å². The maximum atomic E-state index is 5.96. The largest absolute Gasteiger partial charge is 0.328 e. The van der Waals surface area contributed by atoms with Crippen LogP contribution in [0.2, 0.25) is 0 Å². The van der Waals surface area contributed by atoms with E-state index in [4.69, 9.17) is 5.73 Å². The van der Waals surface area contributed by atoms with Crippen molar-refractivity contribution in [2.24, 2.45) is 5.73 Å². The number of hydrogen-bond donors (Lipinski definition) is 1. The van der Waals surface area contributed by atoms with Gasteiger partial charge in [-0.1, -0.05) is 30.3 Å². The molecule has 2 N–H and O–H groups in total. The zero-order valence-electron chi connectivity index (χ0n) is 9.54. The fourth-order valence-corrected chi connectivity index (χ4v) is 2.31. The van der Waals surface area contributed by atoms with E-state index in [1.165, 1.54) is 11.3 Å². The van der Waals surface area contributed by atoms with Crippen molar-refractivity contribution in [1.82, 2.24) is 9.55 Å². The third-order valence-electron chi connectivity index (χ3n) is 3.17. The maximum Gasteiger partial charge on any atom is 0.140 e. The summed E-state index contributed by atoms with van der Waals surface area (Å²) in [5, 5.41) is 0. The normalized spacial score (nSPS) is 18.3. The summed E-state index contributed by atoms with van der Waals surface area (Å²) < 4.78 is 2.29. The molecule has 1 aliphatic heterocycles. The average Bonchev–Trinajstić information content (AvgIpc) is 2.73. The van der Waals surface area contributed by atoms with Crippen LogP contribution in [-0.2, 0) is 13.0 Å². The lowest BCUT2D eigenvalue weighted by Crippen LogP contribution is -2.30. The molecule has 0 amide bonds. The van der Waals surface area contributed by atoms with Crippen LogP contribution in [0.4, 0.5) is 0 Å². The number of nitrogens with zero attached hydrogens (tertiary/aromatic N) is 2. The minimum absolute atomic E-state index is 0. The van der Waals surface area contributed by atoms with Gasteiger partial charge in [0.25, 0.3) is 0 Å². The van der Waals surface area contributed by atoms with Crippen LogP contribution in [0.3, 0.4) is 0 Å². The Bertz CT molecular complexity index is 493. The van der Waals surface area contributed by atoms with Crippen molar-refractivity contribution in [2.75, 3.05) is 0 Å². The summed E-state index contributed by atoms with van der Waals surface area (Å²) in [5.41, 5.74) is 8.40. The van der Waals surface area contributed by atoms with E-state index in [1.807, 2.05) is 24.4 Å². The lowest BCUT2D eigenvalue weighted by atomic mass is 10.1. The molecule has 2 heterocycles. The molecule has 0 radical (unpaired) electrons. The first-order valence-corrected chi connectivity index (χ1v) is 5.70. The molecule has 1 atom stereocenters. The standard InChI is InChI=1S/C13H15N3.ClH/c14-11-6-7-16-12(8-11)9-15-13(16)10-4-2-1-3-5-10;/h1-5,9,11H,6-8,14H2;1H. The molecule has 90 valence electrons. The predicted octanol–water partition coefficient (Wildman–Crippen LogP) is 2.25. The predicted molar refractivity (Wildman–Crippen MR) is 71.2 cm³/mol. The van der Waals surface area contributed by atoms with Gasteiger partial charge in [0.15, 0.2) is 0 Å². The van der Waals surface area contributed by atoms with Crippen LogP contribution in [0, 0.1) is 0 Å². The first-order valence-electron chi connectivity index (χ1n) is 5.70. The molecule has 0 spiro atoms. The van der Waals surface area contributed by atoms with Gasteiger partial charge in [0.2, 0.25) is 0 Å². The van der Waals surface area contributed by atoms with Crippen molar-refractivity contribution >= 4 is 12.4 Å². The van der Waals surface area contributed by atoms with Gasteiger partial charge in [0.1, 0.15) is 5.82 Å². The molecule has 3 nitrogen and oxygen atoms in total. The van der Waals surface area contributed by atoms with Gasteiger partial charge in [0, 0.05) is 36.5 Å². The number of halogens is 1. The van der Waals surface area contributed by atoms with E-state index in [9.17, 15) is 0 Å². The molecular formula is C13H16ClN3. The summed E-state index contributed by atoms with van der Waals surface area (Å²) in [5.74, 6) is 1.07. The molecule has 17 heavy (non-hydrogen) atoms. The highest BCUT2D eigenvalue weighted by Crippen LogP contribution is 2.23. The molecule has 1 aromatic heterocycles. The third kappa shape index (κ3) is 2.21. The fourth-order valence-electron chi connectivity index (χ4n) is 2.31. The van der Waals surface area contributed by atoms with E-state index in [0.717, 1.165) is 25.2 Å². The average molecular weight is 250 g/mol. The van der Waals surface area contributed by atoms with Crippen LogP contribution in [0.15, 0.2) is 36.5 Å². The Morgan fingerprint density at radius 2 is 2.00 bits per heavy atom. The Morgan fingerprint density at radius 1 is 1.24 bits per heavy atom. The number of aromatic nitrogens is 2. The van der Waals surface area contributed by atoms with Gasteiger partial charge < -0.3 is 10.3 Å². The highest BCUT2D eigenvalue weighted by Gasteiger charge is 2.19. The second-order valence-electron chi connectivity index (χ2n) is 4.34. The third-order valence-corrected chi connectivity index (χ3v) is 3.17. The molecule has 1 aromatic carbocycles. The summed E-state index contributed by atoms with van der Waals surface area (Å²) in [6, 6.07) is 10.6. The first-order chi connectivity index (χ1) is 7.84.